The van der Waals surface area contributed by atoms with Crippen molar-refractivity contribution in [3.8, 4) is 5.88 Å². The molecule has 0 amide bonds. The molecule has 0 atom stereocenters. The van der Waals surface area contributed by atoms with Crippen molar-refractivity contribution >= 4 is 0 Å². The molecule has 0 aliphatic heterocycles. The third kappa shape index (κ3) is 2.93. The van der Waals surface area contributed by atoms with Crippen molar-refractivity contribution in [1.82, 2.24) is 4.98 Å². The van der Waals surface area contributed by atoms with E-state index < -0.39 is 0 Å². The van der Waals surface area contributed by atoms with Crippen molar-refractivity contribution in [2.24, 2.45) is 11.7 Å². The number of pyridine rings is 1. The standard InChI is InChI=1S/C12H18N2O/c13-8-11-4-5-12(14-9-11)15-7-6-10-2-1-3-10/h4-5,9-10H,1-3,6-8,13H2. The summed E-state index contributed by atoms with van der Waals surface area (Å²) in [5.74, 6) is 1.61. The molecular weight excluding hydrogens is 188 g/mol. The normalized spacial score (nSPS) is 16.1. The van der Waals surface area contributed by atoms with Gasteiger partial charge in [0.15, 0.2) is 0 Å². The zero-order valence-corrected chi connectivity index (χ0v) is 8.98. The molecule has 0 spiro atoms. The quantitative estimate of drug-likeness (QED) is 0.802. The summed E-state index contributed by atoms with van der Waals surface area (Å²) in [7, 11) is 0. The third-order valence-electron chi connectivity index (χ3n) is 3.03. The van der Waals surface area contributed by atoms with E-state index in [1.54, 1.807) is 6.20 Å². The summed E-state index contributed by atoms with van der Waals surface area (Å²) in [4.78, 5) is 4.19. The molecule has 1 aliphatic carbocycles. The second-order valence-corrected chi connectivity index (χ2v) is 4.14. The van der Waals surface area contributed by atoms with Gasteiger partial charge in [-0.05, 0) is 17.9 Å². The fourth-order valence-corrected chi connectivity index (χ4v) is 1.73. The van der Waals surface area contributed by atoms with E-state index in [2.05, 4.69) is 4.98 Å². The van der Waals surface area contributed by atoms with E-state index in [9.17, 15) is 0 Å². The minimum atomic E-state index is 0.537. The Bertz CT molecular complexity index is 293. The smallest absolute Gasteiger partial charge is 0.213 e. The van der Waals surface area contributed by atoms with E-state index in [4.69, 9.17) is 10.5 Å². The van der Waals surface area contributed by atoms with E-state index in [1.165, 1.54) is 25.7 Å². The van der Waals surface area contributed by atoms with E-state index in [0.717, 1.165) is 18.1 Å². The van der Waals surface area contributed by atoms with Crippen molar-refractivity contribution in [2.45, 2.75) is 32.2 Å². The van der Waals surface area contributed by atoms with Crippen molar-refractivity contribution in [3.63, 3.8) is 0 Å². The SMILES string of the molecule is NCc1ccc(OCCC2CCC2)nc1. The van der Waals surface area contributed by atoms with Gasteiger partial charge in [-0.25, -0.2) is 4.98 Å². The highest BCUT2D eigenvalue weighted by atomic mass is 16.5. The topological polar surface area (TPSA) is 48.1 Å². The Labute approximate surface area is 90.7 Å². The van der Waals surface area contributed by atoms with Crippen molar-refractivity contribution in [1.29, 1.82) is 0 Å². The number of hydrogen-bond donors (Lipinski definition) is 1. The van der Waals surface area contributed by atoms with Gasteiger partial charge in [0.05, 0.1) is 6.61 Å². The summed E-state index contributed by atoms with van der Waals surface area (Å²) in [6.07, 6.45) is 7.10. The van der Waals surface area contributed by atoms with Gasteiger partial charge in [0.25, 0.3) is 0 Å². The first-order valence-electron chi connectivity index (χ1n) is 5.66. The maximum atomic E-state index is 5.56. The monoisotopic (exact) mass is 206 g/mol. The first-order chi connectivity index (χ1) is 7.38. The minimum absolute atomic E-state index is 0.537. The van der Waals surface area contributed by atoms with Crippen LogP contribution in [0.4, 0.5) is 0 Å². The molecule has 0 radical (unpaired) electrons. The number of hydrogen-bond acceptors (Lipinski definition) is 3. The first-order valence-corrected chi connectivity index (χ1v) is 5.66. The fraction of sp³-hybridized carbons (Fsp3) is 0.583. The summed E-state index contributed by atoms with van der Waals surface area (Å²) in [6.45, 7) is 1.33. The molecule has 82 valence electrons. The number of nitrogens with two attached hydrogens (primary N) is 1. The van der Waals surface area contributed by atoms with Gasteiger partial charge < -0.3 is 10.5 Å². The molecule has 0 bridgehead atoms. The molecule has 1 fully saturated rings. The zero-order chi connectivity index (χ0) is 10.5. The Kier molecular flexibility index (Phi) is 3.56. The van der Waals surface area contributed by atoms with Gasteiger partial charge in [-0.15, -0.1) is 0 Å². The van der Waals surface area contributed by atoms with Crippen LogP contribution in [0.2, 0.25) is 0 Å². The number of rotatable bonds is 5. The van der Waals surface area contributed by atoms with Crippen molar-refractivity contribution < 1.29 is 4.74 Å². The number of nitrogens with zero attached hydrogens (tertiary/aromatic N) is 1. The molecule has 3 heteroatoms. The van der Waals surface area contributed by atoms with Crippen LogP contribution in [0.25, 0.3) is 0 Å². The lowest BCUT2D eigenvalue weighted by atomic mass is 9.83. The predicted molar refractivity (Wildman–Crippen MR) is 59.6 cm³/mol. The van der Waals surface area contributed by atoms with E-state index in [-0.39, 0.29) is 0 Å². The Morgan fingerprint density at radius 1 is 1.40 bits per heavy atom. The Hall–Kier alpha value is -1.09. The summed E-state index contributed by atoms with van der Waals surface area (Å²) in [5.41, 5.74) is 6.53. The van der Waals surface area contributed by atoms with E-state index in [1.807, 2.05) is 12.1 Å². The minimum Gasteiger partial charge on any atom is -0.478 e. The molecule has 0 aromatic carbocycles. The molecule has 3 nitrogen and oxygen atoms in total. The van der Waals surface area contributed by atoms with Gasteiger partial charge in [-0.3, -0.25) is 0 Å². The molecule has 1 aromatic rings. The van der Waals surface area contributed by atoms with Crippen LogP contribution in [0.15, 0.2) is 18.3 Å². The molecule has 0 saturated heterocycles. The Morgan fingerprint density at radius 2 is 2.27 bits per heavy atom. The van der Waals surface area contributed by atoms with Crippen LogP contribution in [0, 0.1) is 5.92 Å². The highest BCUT2D eigenvalue weighted by molar-refractivity contribution is 5.17. The van der Waals surface area contributed by atoms with Crippen LogP contribution in [-0.2, 0) is 6.54 Å². The zero-order valence-electron chi connectivity index (χ0n) is 8.98. The maximum Gasteiger partial charge on any atom is 0.213 e. The summed E-state index contributed by atoms with van der Waals surface area (Å²) in [5, 5.41) is 0. The Morgan fingerprint density at radius 3 is 2.80 bits per heavy atom. The van der Waals surface area contributed by atoms with Gasteiger partial charge in [0.2, 0.25) is 5.88 Å². The third-order valence-corrected chi connectivity index (χ3v) is 3.03. The van der Waals surface area contributed by atoms with Gasteiger partial charge >= 0.3 is 0 Å². The summed E-state index contributed by atoms with van der Waals surface area (Å²) in [6, 6.07) is 3.86. The lowest BCUT2D eigenvalue weighted by Crippen LogP contribution is -2.14. The molecule has 2 N–H and O–H groups in total. The van der Waals surface area contributed by atoms with Crippen LogP contribution < -0.4 is 10.5 Å². The highest BCUT2D eigenvalue weighted by Crippen LogP contribution is 2.29. The van der Waals surface area contributed by atoms with Gasteiger partial charge in [0, 0.05) is 18.8 Å². The second kappa shape index (κ2) is 5.12. The lowest BCUT2D eigenvalue weighted by molar-refractivity contribution is 0.217. The Balaban J connectivity index is 1.72. The predicted octanol–water partition coefficient (Wildman–Crippen LogP) is 2.11. The highest BCUT2D eigenvalue weighted by Gasteiger charge is 2.16. The van der Waals surface area contributed by atoms with Gasteiger partial charge in [-0.2, -0.15) is 0 Å². The second-order valence-electron chi connectivity index (χ2n) is 4.14. The average Bonchev–Trinajstić information content (AvgIpc) is 2.23. The van der Waals surface area contributed by atoms with Crippen LogP contribution >= 0.6 is 0 Å². The van der Waals surface area contributed by atoms with E-state index >= 15 is 0 Å². The summed E-state index contributed by atoms with van der Waals surface area (Å²) < 4.78 is 5.56. The molecule has 1 saturated carbocycles. The molecule has 1 aliphatic rings. The van der Waals surface area contributed by atoms with Crippen LogP contribution in [-0.4, -0.2) is 11.6 Å². The van der Waals surface area contributed by atoms with Crippen LogP contribution in [0.5, 0.6) is 5.88 Å². The molecule has 1 aromatic heterocycles. The molecule has 2 rings (SSSR count). The number of ether oxygens (including phenoxy) is 1. The van der Waals surface area contributed by atoms with Crippen molar-refractivity contribution in [3.05, 3.63) is 23.9 Å². The molecule has 15 heavy (non-hydrogen) atoms. The van der Waals surface area contributed by atoms with Gasteiger partial charge in [-0.1, -0.05) is 25.3 Å². The van der Waals surface area contributed by atoms with E-state index in [0.29, 0.717) is 12.4 Å². The summed E-state index contributed by atoms with van der Waals surface area (Å²) >= 11 is 0. The first kappa shape index (κ1) is 10.4. The maximum absolute atomic E-state index is 5.56. The van der Waals surface area contributed by atoms with Gasteiger partial charge in [0.1, 0.15) is 0 Å². The van der Waals surface area contributed by atoms with Crippen LogP contribution in [0.1, 0.15) is 31.2 Å². The van der Waals surface area contributed by atoms with Crippen molar-refractivity contribution in [2.75, 3.05) is 6.61 Å². The van der Waals surface area contributed by atoms with Crippen LogP contribution in [0.3, 0.4) is 0 Å². The molecular formula is C12H18N2O. The molecule has 1 heterocycles. The largest absolute Gasteiger partial charge is 0.478 e. The lowest BCUT2D eigenvalue weighted by Gasteiger charge is -2.24. The average molecular weight is 206 g/mol. The fourth-order valence-electron chi connectivity index (χ4n) is 1.73. The number of aromatic nitrogens is 1. The molecule has 0 unspecified atom stereocenters.